The molecule has 0 radical (unpaired) electrons. The fraction of sp³-hybridized carbons (Fsp3) is 0.300. The van der Waals surface area contributed by atoms with Crippen LogP contribution in [0.5, 0.6) is 0 Å². The van der Waals surface area contributed by atoms with Gasteiger partial charge in [0.1, 0.15) is 17.1 Å². The van der Waals surface area contributed by atoms with E-state index in [4.69, 9.17) is 16.3 Å². The van der Waals surface area contributed by atoms with E-state index in [0.717, 1.165) is 53.8 Å². The van der Waals surface area contributed by atoms with Crippen LogP contribution in [0.25, 0.3) is 0 Å². The summed E-state index contributed by atoms with van der Waals surface area (Å²) in [6.45, 7) is 2.20. The summed E-state index contributed by atoms with van der Waals surface area (Å²) in [5.74, 6) is -0.0398. The van der Waals surface area contributed by atoms with Crippen LogP contribution in [-0.2, 0) is 40.2 Å². The number of benzene rings is 2. The minimum Gasteiger partial charge on any atom is -0.402 e. The van der Waals surface area contributed by atoms with Gasteiger partial charge in [-0.2, -0.15) is 0 Å². The Morgan fingerprint density at radius 1 is 0.902 bits per heavy atom. The summed E-state index contributed by atoms with van der Waals surface area (Å²) in [7, 11) is 1.89. The number of nitrogens with zero attached hydrogens (tertiary/aromatic N) is 2. The number of aryl methyl sites for hydroxylation is 1. The lowest BCUT2D eigenvalue weighted by molar-refractivity contribution is -0.119. The first-order valence-electron chi connectivity index (χ1n) is 13.3. The number of anilines is 1. The maximum atomic E-state index is 12.4. The lowest BCUT2D eigenvalue weighted by Gasteiger charge is -2.05. The minimum atomic E-state index is -0.178. The van der Waals surface area contributed by atoms with Crippen LogP contribution in [0.3, 0.4) is 0 Å². The molecule has 0 atom stereocenters. The molecule has 7 N–H and O–H groups in total. The Bertz CT molecular complexity index is 1310. The largest absolute Gasteiger partial charge is 0.402 e. The van der Waals surface area contributed by atoms with E-state index in [-0.39, 0.29) is 30.5 Å². The summed E-state index contributed by atoms with van der Waals surface area (Å²) in [6.07, 6.45) is 7.80. The molecule has 1 aromatic heterocycles. The lowest BCUT2D eigenvalue weighted by Crippen LogP contribution is -2.28. The van der Waals surface area contributed by atoms with Gasteiger partial charge in [-0.05, 0) is 62.1 Å². The lowest BCUT2D eigenvalue weighted by atomic mass is 10.1. The first-order chi connectivity index (χ1) is 19.8. The van der Waals surface area contributed by atoms with Gasteiger partial charge in [-0.3, -0.25) is 9.59 Å². The van der Waals surface area contributed by atoms with E-state index in [9.17, 15) is 9.59 Å². The van der Waals surface area contributed by atoms with Crippen LogP contribution in [0, 0.1) is 0 Å². The fourth-order valence-corrected chi connectivity index (χ4v) is 4.52. The predicted molar refractivity (Wildman–Crippen MR) is 164 cm³/mol. The predicted octanol–water partition coefficient (Wildman–Crippen LogP) is 3.36. The number of carbonyl (C=O) groups excluding carboxylic acids is 3. The van der Waals surface area contributed by atoms with Gasteiger partial charge in [-0.1, -0.05) is 65.9 Å². The Kier molecular flexibility index (Phi) is 15.1. The molecule has 1 heterocycles. The van der Waals surface area contributed by atoms with Crippen molar-refractivity contribution in [2.45, 2.75) is 52.0 Å². The molecule has 0 unspecified atom stereocenters. The summed E-state index contributed by atoms with van der Waals surface area (Å²) < 4.78 is 0. The zero-order valence-corrected chi connectivity index (χ0v) is 24.4. The van der Waals surface area contributed by atoms with Gasteiger partial charge in [0.2, 0.25) is 16.9 Å². The van der Waals surface area contributed by atoms with Crippen LogP contribution < -0.4 is 27.4 Å². The van der Waals surface area contributed by atoms with Crippen LogP contribution in [0.15, 0.2) is 78.3 Å². The van der Waals surface area contributed by atoms with Gasteiger partial charge >= 0.3 is 0 Å². The number of nitrogens with two attached hydrogens (primary N) is 2. The van der Waals surface area contributed by atoms with Crippen molar-refractivity contribution < 1.29 is 14.4 Å². The molecule has 3 rings (SSSR count). The monoisotopic (exact) mass is 577 g/mol. The number of allylic oxidation sites excluding steroid dienone is 3. The molecule has 0 spiro atoms. The first-order valence-corrected chi connectivity index (χ1v) is 14.1. The molecule has 0 saturated carbocycles. The van der Waals surface area contributed by atoms with Gasteiger partial charge in [-0.25, -0.2) is 0 Å². The molecule has 3 aromatic rings. The van der Waals surface area contributed by atoms with Gasteiger partial charge in [0, 0.05) is 18.7 Å². The third-order valence-electron chi connectivity index (χ3n) is 5.52. The number of nitrogens with one attached hydrogen (secondary N) is 3. The second-order valence-electron chi connectivity index (χ2n) is 9.09. The molecule has 0 bridgehead atoms. The Balaban J connectivity index is 0.00000187. The van der Waals surface area contributed by atoms with E-state index in [0.29, 0.717) is 17.2 Å². The van der Waals surface area contributed by atoms with Gasteiger partial charge in [0.05, 0.1) is 12.8 Å². The average molecular weight is 578 g/mol. The first kappa shape index (κ1) is 32.9. The van der Waals surface area contributed by atoms with Crippen LogP contribution >= 0.6 is 11.3 Å². The van der Waals surface area contributed by atoms with E-state index < -0.39 is 0 Å². The van der Waals surface area contributed by atoms with Crippen molar-refractivity contribution in [2.24, 2.45) is 11.5 Å². The SMILES string of the molecule is CC=O.CNCc1cccc(CC(=O)Nc2nnc(CCCC/C(N)=C/C=C(\N)NC(=O)Cc3ccccc3)s2)c1. The molecule has 10 nitrogen and oxygen atoms in total. The number of unbranched alkanes of at least 4 members (excludes halogenated alkanes) is 1. The molecule has 11 heteroatoms. The Hall–Kier alpha value is -4.35. The van der Waals surface area contributed by atoms with Gasteiger partial charge in [0.15, 0.2) is 0 Å². The van der Waals surface area contributed by atoms with Gasteiger partial charge in [-0.15, -0.1) is 10.2 Å². The molecule has 41 heavy (non-hydrogen) atoms. The molecule has 0 aliphatic rings. The van der Waals surface area contributed by atoms with E-state index in [2.05, 4.69) is 26.1 Å². The molecule has 2 amide bonds. The third-order valence-corrected chi connectivity index (χ3v) is 6.42. The number of hydrogen-bond donors (Lipinski definition) is 5. The highest BCUT2D eigenvalue weighted by molar-refractivity contribution is 7.15. The van der Waals surface area contributed by atoms with Crippen molar-refractivity contribution >= 4 is 34.6 Å². The minimum absolute atomic E-state index is 0.115. The van der Waals surface area contributed by atoms with Crippen molar-refractivity contribution in [1.82, 2.24) is 20.8 Å². The maximum Gasteiger partial charge on any atom is 0.230 e. The summed E-state index contributed by atoms with van der Waals surface area (Å²) in [5.41, 5.74) is 15.7. The maximum absolute atomic E-state index is 12.4. The molecular weight excluding hydrogens is 538 g/mol. The Morgan fingerprint density at radius 3 is 2.32 bits per heavy atom. The van der Waals surface area contributed by atoms with E-state index in [1.54, 1.807) is 12.2 Å². The summed E-state index contributed by atoms with van der Waals surface area (Å²) in [4.78, 5) is 33.3. The quantitative estimate of drug-likeness (QED) is 0.111. The van der Waals surface area contributed by atoms with Crippen molar-refractivity contribution in [1.29, 1.82) is 0 Å². The number of hydrogen-bond acceptors (Lipinski definition) is 9. The van der Waals surface area contributed by atoms with Crippen LogP contribution in [0.2, 0.25) is 0 Å². The fourth-order valence-electron chi connectivity index (χ4n) is 3.72. The van der Waals surface area contributed by atoms with Gasteiger partial charge in [0.25, 0.3) is 0 Å². The number of aldehydes is 1. The van der Waals surface area contributed by atoms with E-state index in [1.165, 1.54) is 18.3 Å². The normalized spacial score (nSPS) is 11.3. The number of rotatable bonds is 14. The topological polar surface area (TPSA) is 165 Å². The van der Waals surface area contributed by atoms with Crippen LogP contribution in [0.4, 0.5) is 5.13 Å². The van der Waals surface area contributed by atoms with Gasteiger partial charge < -0.3 is 32.2 Å². The van der Waals surface area contributed by atoms with Crippen LogP contribution in [0.1, 0.15) is 47.9 Å². The third kappa shape index (κ3) is 14.0. The van der Waals surface area contributed by atoms with E-state index in [1.807, 2.05) is 61.6 Å². The number of amides is 2. The van der Waals surface area contributed by atoms with E-state index >= 15 is 0 Å². The smallest absolute Gasteiger partial charge is 0.230 e. The second kappa shape index (κ2) is 18.9. The molecule has 2 aromatic carbocycles. The zero-order chi connectivity index (χ0) is 29.9. The second-order valence-corrected chi connectivity index (χ2v) is 10.2. The molecular formula is C30H39N7O3S. The highest BCUT2D eigenvalue weighted by atomic mass is 32.1. The van der Waals surface area contributed by atoms with Crippen molar-refractivity contribution in [3.05, 3.63) is 100.0 Å². The molecule has 0 aliphatic carbocycles. The molecule has 218 valence electrons. The highest BCUT2D eigenvalue weighted by Gasteiger charge is 2.10. The highest BCUT2D eigenvalue weighted by Crippen LogP contribution is 2.18. The van der Waals surface area contributed by atoms with Crippen LogP contribution in [-0.4, -0.2) is 35.3 Å². The molecule has 0 aliphatic heterocycles. The standard InChI is InChI=1S/C28H35N7O2S.C2H4O/c1-31-19-22-11-7-10-21(16-22)18-26(37)33-28-35-34-27(38-28)13-6-5-12-23(29)14-15-24(30)32-25(36)17-20-8-3-2-4-9-20;1-2-3/h2-4,7-11,14-16,31H,5-6,12-13,17-19,29-30H2,1H3,(H,32,36)(H,33,35,37);2H,1H3/b23-14-,24-15+;. The Morgan fingerprint density at radius 2 is 1.59 bits per heavy atom. The average Bonchev–Trinajstić information content (AvgIpc) is 3.38. The number of carbonyl (C=O) groups is 3. The summed E-state index contributed by atoms with van der Waals surface area (Å²) in [6, 6.07) is 17.4. The summed E-state index contributed by atoms with van der Waals surface area (Å²) in [5, 5.41) is 18.3. The zero-order valence-electron chi connectivity index (χ0n) is 23.6. The molecule has 0 fully saturated rings. The van der Waals surface area contributed by atoms with Crippen molar-refractivity contribution in [3.8, 4) is 0 Å². The van der Waals surface area contributed by atoms with Crippen molar-refractivity contribution in [2.75, 3.05) is 12.4 Å². The molecule has 0 saturated heterocycles. The van der Waals surface area contributed by atoms with Crippen molar-refractivity contribution in [3.63, 3.8) is 0 Å². The Labute approximate surface area is 245 Å². The number of aromatic nitrogens is 2. The summed E-state index contributed by atoms with van der Waals surface area (Å²) >= 11 is 1.39.